The van der Waals surface area contributed by atoms with Crippen LogP contribution in [0.15, 0.2) is 53.4 Å². The molecule has 3 aliphatic carbocycles. The van der Waals surface area contributed by atoms with Gasteiger partial charge >= 0.3 is 5.97 Å². The van der Waals surface area contributed by atoms with Crippen molar-refractivity contribution >= 4 is 15.8 Å². The number of ether oxygens (including phenoxy) is 3. The number of carbonyl (C=O) groups is 1. The highest BCUT2D eigenvalue weighted by atomic mass is 32.2. The molecule has 3 atom stereocenters. The van der Waals surface area contributed by atoms with Gasteiger partial charge in [-0.05, 0) is 131 Å². The molecule has 4 fully saturated rings. The Labute approximate surface area is 267 Å². The van der Waals surface area contributed by atoms with E-state index in [9.17, 15) is 17.6 Å². The molecule has 6 rings (SSSR count). The molecule has 0 radical (unpaired) electrons. The van der Waals surface area contributed by atoms with Gasteiger partial charge in [-0.2, -0.15) is 0 Å². The lowest BCUT2D eigenvalue weighted by Gasteiger charge is -2.53. The topological polar surface area (TPSA) is 82.1 Å². The third kappa shape index (κ3) is 7.25. The normalized spacial score (nSPS) is 27.0. The van der Waals surface area contributed by atoms with E-state index in [1.807, 2.05) is 6.07 Å². The lowest BCUT2D eigenvalue weighted by molar-refractivity contribution is -0.142. The van der Waals surface area contributed by atoms with Crippen molar-refractivity contribution in [3.05, 3.63) is 59.9 Å². The number of carbonyl (C=O) groups excluding carboxylic acids is 1. The molecule has 2 aromatic carbocycles. The minimum Gasteiger partial charge on any atom is -0.491 e. The van der Waals surface area contributed by atoms with Crippen LogP contribution in [-0.4, -0.2) is 70.6 Å². The van der Waals surface area contributed by atoms with Gasteiger partial charge in [0.15, 0.2) is 9.84 Å². The van der Waals surface area contributed by atoms with E-state index in [4.69, 9.17) is 14.2 Å². The van der Waals surface area contributed by atoms with Gasteiger partial charge in [0, 0.05) is 18.4 Å². The maximum atomic E-state index is 14.9. The van der Waals surface area contributed by atoms with Crippen LogP contribution in [0, 0.1) is 23.6 Å². The van der Waals surface area contributed by atoms with E-state index in [1.54, 1.807) is 30.3 Å². The molecule has 1 saturated heterocycles. The molecule has 2 aromatic rings. The molecule has 9 heteroatoms. The van der Waals surface area contributed by atoms with Crippen LogP contribution < -0.4 is 4.74 Å². The lowest BCUT2D eigenvalue weighted by atomic mass is 9.55. The fraction of sp³-hybridized carbons (Fsp3) is 0.639. The fourth-order valence-corrected chi connectivity index (χ4v) is 10.1. The largest absolute Gasteiger partial charge is 0.491 e. The molecule has 3 saturated carbocycles. The molecule has 0 aromatic heterocycles. The third-order valence-corrected chi connectivity index (χ3v) is 13.3. The molecule has 0 N–H and O–H groups in total. The quantitative estimate of drug-likeness (QED) is 0.176. The fourth-order valence-electron chi connectivity index (χ4n) is 8.45. The van der Waals surface area contributed by atoms with E-state index in [0.717, 1.165) is 83.0 Å². The number of rotatable bonds is 14. The summed E-state index contributed by atoms with van der Waals surface area (Å²) in [5.74, 6) is 1.18. The number of sulfone groups is 1. The van der Waals surface area contributed by atoms with E-state index in [-0.39, 0.29) is 34.5 Å². The summed E-state index contributed by atoms with van der Waals surface area (Å²) in [4.78, 5) is 15.4. The Balaban J connectivity index is 1.10. The first-order valence-electron chi connectivity index (χ1n) is 16.9. The number of likely N-dealkylation sites (tertiary alicyclic amines) is 1. The molecule has 45 heavy (non-hydrogen) atoms. The number of benzene rings is 2. The van der Waals surface area contributed by atoms with Crippen molar-refractivity contribution < 1.29 is 31.8 Å². The minimum absolute atomic E-state index is 0.138. The van der Waals surface area contributed by atoms with E-state index < -0.39 is 9.84 Å². The summed E-state index contributed by atoms with van der Waals surface area (Å²) in [5.41, 5.74) is 0.857. The van der Waals surface area contributed by atoms with Crippen molar-refractivity contribution in [3.63, 3.8) is 0 Å². The van der Waals surface area contributed by atoms with E-state index in [0.29, 0.717) is 42.1 Å². The molecule has 7 nitrogen and oxygen atoms in total. The van der Waals surface area contributed by atoms with Gasteiger partial charge in [0.25, 0.3) is 0 Å². The number of methoxy groups -OCH3 is 1. The van der Waals surface area contributed by atoms with Crippen molar-refractivity contribution in [2.24, 2.45) is 17.8 Å². The van der Waals surface area contributed by atoms with Crippen LogP contribution >= 0.6 is 0 Å². The SMILES string of the molecule is COC(=O)C[C@H]1CCC[C@@H]1C(CN1CCC1)(c1cccc(F)c1)C1CCC(OCCOc2ccc(S(=O)(=O)C3CC3)cc2)CC1. The standard InChI is InChI=1S/C36H48FNO6S/c1-42-35(39)23-26-5-2-8-34(26)36(25-38-19-4-20-38,28-6-3-7-29(37)24-28)27-9-11-30(12-10-27)43-21-22-44-31-13-15-32(16-14-31)45(40,41)33-17-18-33/h3,6-7,13-16,24,26-27,30,33-34H,2,4-5,8-12,17-23,25H2,1H3/t26-,27?,30?,34+,36?/m1/s1. The first kappa shape index (κ1) is 32.5. The Morgan fingerprint density at radius 2 is 1.69 bits per heavy atom. The summed E-state index contributed by atoms with van der Waals surface area (Å²) in [6.45, 7) is 3.91. The first-order chi connectivity index (χ1) is 21.8. The van der Waals surface area contributed by atoms with E-state index in [1.165, 1.54) is 19.6 Å². The molecule has 1 heterocycles. The van der Waals surface area contributed by atoms with E-state index in [2.05, 4.69) is 11.0 Å². The smallest absolute Gasteiger partial charge is 0.305 e. The van der Waals surface area contributed by atoms with Crippen LogP contribution in [0.2, 0.25) is 0 Å². The second-order valence-corrected chi connectivity index (χ2v) is 15.9. The number of hydrogen-bond acceptors (Lipinski definition) is 7. The van der Waals surface area contributed by atoms with Gasteiger partial charge in [-0.3, -0.25) is 4.79 Å². The van der Waals surface area contributed by atoms with Gasteiger partial charge in [0.2, 0.25) is 0 Å². The molecule has 1 unspecified atom stereocenters. The molecule has 4 aliphatic rings. The van der Waals surface area contributed by atoms with Crippen molar-refractivity contribution in [2.45, 2.75) is 92.3 Å². The van der Waals surface area contributed by atoms with Gasteiger partial charge in [0.05, 0.1) is 30.0 Å². The second-order valence-electron chi connectivity index (χ2n) is 13.7. The minimum atomic E-state index is -3.20. The van der Waals surface area contributed by atoms with Crippen molar-refractivity contribution in [2.75, 3.05) is 40.0 Å². The highest BCUT2D eigenvalue weighted by Gasteiger charge is 2.53. The van der Waals surface area contributed by atoms with Crippen LogP contribution in [0.3, 0.4) is 0 Å². The summed E-state index contributed by atoms with van der Waals surface area (Å²) in [5, 5.41) is -0.220. The summed E-state index contributed by atoms with van der Waals surface area (Å²) < 4.78 is 57.0. The molecule has 0 bridgehead atoms. The van der Waals surface area contributed by atoms with Crippen LogP contribution in [0.1, 0.15) is 76.2 Å². The number of halogens is 1. The Morgan fingerprint density at radius 1 is 0.933 bits per heavy atom. The highest BCUT2D eigenvalue weighted by molar-refractivity contribution is 7.92. The lowest BCUT2D eigenvalue weighted by Crippen LogP contribution is -2.56. The van der Waals surface area contributed by atoms with Gasteiger partial charge in [0.1, 0.15) is 18.2 Å². The Kier molecular flexibility index (Phi) is 10.2. The van der Waals surface area contributed by atoms with Gasteiger partial charge < -0.3 is 19.1 Å². The number of esters is 1. The third-order valence-electron chi connectivity index (χ3n) is 11.0. The zero-order chi connectivity index (χ0) is 31.4. The average Bonchev–Trinajstić information content (AvgIpc) is 3.80. The summed E-state index contributed by atoms with van der Waals surface area (Å²) >= 11 is 0. The van der Waals surface area contributed by atoms with E-state index >= 15 is 0 Å². The summed E-state index contributed by atoms with van der Waals surface area (Å²) in [7, 11) is -1.73. The molecule has 0 spiro atoms. The van der Waals surface area contributed by atoms with Crippen molar-refractivity contribution in [1.29, 1.82) is 0 Å². The van der Waals surface area contributed by atoms with Gasteiger partial charge in [-0.25, -0.2) is 12.8 Å². The Morgan fingerprint density at radius 3 is 2.33 bits per heavy atom. The van der Waals surface area contributed by atoms with Crippen LogP contribution in [-0.2, 0) is 29.5 Å². The predicted octanol–water partition coefficient (Wildman–Crippen LogP) is 6.34. The zero-order valence-corrected chi connectivity index (χ0v) is 27.3. The Bertz CT molecular complexity index is 1400. The maximum Gasteiger partial charge on any atom is 0.305 e. The van der Waals surface area contributed by atoms with Crippen LogP contribution in [0.4, 0.5) is 4.39 Å². The summed E-state index contributed by atoms with van der Waals surface area (Å²) in [6.07, 6.45) is 10.3. The average molecular weight is 642 g/mol. The molecule has 0 amide bonds. The monoisotopic (exact) mass is 641 g/mol. The molecule has 1 aliphatic heterocycles. The maximum absolute atomic E-state index is 14.9. The first-order valence-corrected chi connectivity index (χ1v) is 18.5. The predicted molar refractivity (Wildman–Crippen MR) is 170 cm³/mol. The molecule has 246 valence electrons. The summed E-state index contributed by atoms with van der Waals surface area (Å²) in [6, 6.07) is 14.0. The van der Waals surface area contributed by atoms with Gasteiger partial charge in [-0.1, -0.05) is 18.6 Å². The van der Waals surface area contributed by atoms with Gasteiger partial charge in [-0.15, -0.1) is 0 Å². The van der Waals surface area contributed by atoms with Crippen LogP contribution in [0.5, 0.6) is 5.75 Å². The van der Waals surface area contributed by atoms with Crippen molar-refractivity contribution in [3.8, 4) is 5.75 Å². The molecular weight excluding hydrogens is 593 g/mol. The van der Waals surface area contributed by atoms with Crippen LogP contribution in [0.25, 0.3) is 0 Å². The Hall–Kier alpha value is -2.49. The number of nitrogens with zero attached hydrogens (tertiary/aromatic N) is 1. The van der Waals surface area contributed by atoms with Crippen molar-refractivity contribution in [1.82, 2.24) is 4.90 Å². The second kappa shape index (κ2) is 14.1. The number of hydrogen-bond donors (Lipinski definition) is 0. The highest BCUT2D eigenvalue weighted by Crippen LogP contribution is 2.55. The zero-order valence-electron chi connectivity index (χ0n) is 26.5. The molecular formula is C36H48FNO6S.